The number of rotatable bonds is 4. The molecule has 102 valence electrons. The van der Waals surface area contributed by atoms with E-state index in [1.807, 2.05) is 6.07 Å². The summed E-state index contributed by atoms with van der Waals surface area (Å²) < 4.78 is 0. The summed E-state index contributed by atoms with van der Waals surface area (Å²) in [6.07, 6.45) is 4.86. The molecule has 1 aliphatic heterocycles. The monoisotopic (exact) mass is 277 g/mol. The number of hydrogen-bond donors (Lipinski definition) is 0. The maximum absolute atomic E-state index is 9.03. The highest BCUT2D eigenvalue weighted by atomic mass is 35.5. The molecule has 0 spiro atoms. The Labute approximate surface area is 120 Å². The molecule has 2 atom stereocenters. The number of nitriles is 1. The first kappa shape index (κ1) is 14.1. The molecule has 0 radical (unpaired) electrons. The molecule has 19 heavy (non-hydrogen) atoms. The summed E-state index contributed by atoms with van der Waals surface area (Å²) in [5.74, 6) is 1.56. The molecule has 1 aromatic rings. The quantitative estimate of drug-likeness (QED) is 0.835. The summed E-state index contributed by atoms with van der Waals surface area (Å²) >= 11 is 5.95. The Balaban J connectivity index is 2.23. The largest absolute Gasteiger partial charge is 0.353 e. The van der Waals surface area contributed by atoms with Crippen molar-refractivity contribution in [2.45, 2.75) is 45.6 Å². The van der Waals surface area contributed by atoms with Gasteiger partial charge in [-0.05, 0) is 37.3 Å². The van der Waals surface area contributed by atoms with Gasteiger partial charge in [0.15, 0.2) is 5.69 Å². The van der Waals surface area contributed by atoms with Gasteiger partial charge in [-0.2, -0.15) is 5.26 Å². The average Bonchev–Trinajstić information content (AvgIpc) is 2.89. The fraction of sp³-hybridized carbons (Fsp3) is 0.600. The van der Waals surface area contributed by atoms with Gasteiger partial charge >= 0.3 is 0 Å². The van der Waals surface area contributed by atoms with Crippen LogP contribution in [0.15, 0.2) is 12.1 Å². The van der Waals surface area contributed by atoms with E-state index in [1.54, 1.807) is 6.07 Å². The number of hydrogen-bond acceptors (Lipinski definition) is 3. The summed E-state index contributed by atoms with van der Waals surface area (Å²) in [5, 5.41) is 9.46. The molecule has 0 amide bonds. The van der Waals surface area contributed by atoms with Crippen LogP contribution in [0.25, 0.3) is 0 Å². The Bertz CT molecular complexity index is 481. The first-order valence-electron chi connectivity index (χ1n) is 7.00. The van der Waals surface area contributed by atoms with E-state index in [9.17, 15) is 0 Å². The molecule has 4 heteroatoms. The van der Waals surface area contributed by atoms with E-state index in [0.29, 0.717) is 22.7 Å². The van der Waals surface area contributed by atoms with Gasteiger partial charge in [0.05, 0.1) is 5.02 Å². The maximum atomic E-state index is 9.03. The zero-order valence-corrected chi connectivity index (χ0v) is 12.3. The third kappa shape index (κ3) is 3.01. The number of anilines is 1. The lowest BCUT2D eigenvalue weighted by Crippen LogP contribution is -2.35. The Morgan fingerprint density at radius 2 is 2.37 bits per heavy atom. The first-order chi connectivity index (χ1) is 9.17. The van der Waals surface area contributed by atoms with Crippen molar-refractivity contribution in [3.8, 4) is 6.07 Å². The van der Waals surface area contributed by atoms with Crippen molar-refractivity contribution in [2.24, 2.45) is 5.92 Å². The number of pyridine rings is 1. The molecular formula is C15H20ClN3. The lowest BCUT2D eigenvalue weighted by molar-refractivity contribution is 0.420. The lowest BCUT2D eigenvalue weighted by Gasteiger charge is -2.30. The smallest absolute Gasteiger partial charge is 0.161 e. The van der Waals surface area contributed by atoms with Crippen LogP contribution in [-0.2, 0) is 0 Å². The van der Waals surface area contributed by atoms with E-state index in [0.717, 1.165) is 12.4 Å². The molecule has 1 fully saturated rings. The number of halogens is 1. The van der Waals surface area contributed by atoms with Crippen LogP contribution in [0.2, 0.25) is 5.02 Å². The van der Waals surface area contributed by atoms with Gasteiger partial charge in [0, 0.05) is 12.6 Å². The van der Waals surface area contributed by atoms with Gasteiger partial charge in [-0.25, -0.2) is 4.98 Å². The van der Waals surface area contributed by atoms with Gasteiger partial charge in [-0.3, -0.25) is 0 Å². The molecule has 1 aromatic heterocycles. The zero-order valence-electron chi connectivity index (χ0n) is 11.6. The molecule has 0 aromatic carbocycles. The van der Waals surface area contributed by atoms with E-state index in [1.165, 1.54) is 25.7 Å². The van der Waals surface area contributed by atoms with Crippen molar-refractivity contribution in [1.82, 2.24) is 4.98 Å². The van der Waals surface area contributed by atoms with Crippen molar-refractivity contribution in [2.75, 3.05) is 11.4 Å². The maximum Gasteiger partial charge on any atom is 0.161 e. The molecule has 1 aliphatic rings. The Hall–Kier alpha value is -1.27. The second kappa shape index (κ2) is 6.25. The predicted molar refractivity (Wildman–Crippen MR) is 78.4 cm³/mol. The lowest BCUT2D eigenvalue weighted by atomic mass is 9.95. The average molecular weight is 278 g/mol. The number of nitrogens with zero attached hydrogens (tertiary/aromatic N) is 3. The summed E-state index contributed by atoms with van der Waals surface area (Å²) in [6, 6.07) is 6.31. The van der Waals surface area contributed by atoms with Gasteiger partial charge in [0.1, 0.15) is 11.9 Å². The summed E-state index contributed by atoms with van der Waals surface area (Å²) in [5.41, 5.74) is 0.327. The van der Waals surface area contributed by atoms with Crippen molar-refractivity contribution in [1.29, 1.82) is 5.26 Å². The summed E-state index contributed by atoms with van der Waals surface area (Å²) in [7, 11) is 0. The SMILES string of the molecule is CCCC(C)C1CCCN1c1ccc(Cl)c(C#N)n1. The van der Waals surface area contributed by atoms with Crippen molar-refractivity contribution in [3.63, 3.8) is 0 Å². The van der Waals surface area contributed by atoms with Gasteiger partial charge in [-0.1, -0.05) is 31.9 Å². The third-order valence-corrected chi connectivity index (χ3v) is 4.24. The van der Waals surface area contributed by atoms with Gasteiger partial charge in [0.2, 0.25) is 0 Å². The van der Waals surface area contributed by atoms with Crippen LogP contribution in [0, 0.1) is 17.2 Å². The minimum Gasteiger partial charge on any atom is -0.353 e. The fourth-order valence-electron chi connectivity index (χ4n) is 2.99. The van der Waals surface area contributed by atoms with Crippen LogP contribution in [0.3, 0.4) is 0 Å². The normalized spacial score (nSPS) is 20.3. The van der Waals surface area contributed by atoms with E-state index in [-0.39, 0.29) is 0 Å². The molecule has 0 N–H and O–H groups in total. The van der Waals surface area contributed by atoms with Crippen molar-refractivity contribution < 1.29 is 0 Å². The summed E-state index contributed by atoms with van der Waals surface area (Å²) in [4.78, 5) is 6.74. The molecular weight excluding hydrogens is 258 g/mol. The second-order valence-corrected chi connectivity index (χ2v) is 5.69. The topological polar surface area (TPSA) is 39.9 Å². The van der Waals surface area contributed by atoms with E-state index < -0.39 is 0 Å². The molecule has 3 nitrogen and oxygen atoms in total. The van der Waals surface area contributed by atoms with Crippen LogP contribution in [0.5, 0.6) is 0 Å². The molecule has 2 heterocycles. The Morgan fingerprint density at radius 1 is 1.58 bits per heavy atom. The van der Waals surface area contributed by atoms with Crippen LogP contribution < -0.4 is 4.90 Å². The Kier molecular flexibility index (Phi) is 4.66. The standard InChI is InChI=1S/C15H20ClN3/c1-3-5-11(2)14-6-4-9-19(14)15-8-7-12(16)13(10-17)18-15/h7-8,11,14H,3-6,9H2,1-2H3. The second-order valence-electron chi connectivity index (χ2n) is 5.28. The molecule has 1 saturated heterocycles. The predicted octanol–water partition coefficient (Wildman–Crippen LogP) is 4.01. The Morgan fingerprint density at radius 3 is 3.05 bits per heavy atom. The number of aromatic nitrogens is 1. The van der Waals surface area contributed by atoms with Gasteiger partial charge in [0.25, 0.3) is 0 Å². The highest BCUT2D eigenvalue weighted by Gasteiger charge is 2.29. The van der Waals surface area contributed by atoms with Crippen LogP contribution in [-0.4, -0.2) is 17.6 Å². The van der Waals surface area contributed by atoms with E-state index in [2.05, 4.69) is 29.8 Å². The van der Waals surface area contributed by atoms with Crippen LogP contribution in [0.4, 0.5) is 5.82 Å². The molecule has 2 rings (SSSR count). The molecule has 2 unspecified atom stereocenters. The van der Waals surface area contributed by atoms with E-state index in [4.69, 9.17) is 16.9 Å². The molecule has 0 saturated carbocycles. The highest BCUT2D eigenvalue weighted by molar-refractivity contribution is 6.31. The van der Waals surface area contributed by atoms with Crippen LogP contribution >= 0.6 is 11.6 Å². The first-order valence-corrected chi connectivity index (χ1v) is 7.38. The minimum absolute atomic E-state index is 0.327. The molecule has 0 aliphatic carbocycles. The van der Waals surface area contributed by atoms with Gasteiger partial charge in [-0.15, -0.1) is 0 Å². The third-order valence-electron chi connectivity index (χ3n) is 3.93. The van der Waals surface area contributed by atoms with Crippen molar-refractivity contribution in [3.05, 3.63) is 22.8 Å². The van der Waals surface area contributed by atoms with Crippen LogP contribution in [0.1, 0.15) is 45.2 Å². The highest BCUT2D eigenvalue weighted by Crippen LogP contribution is 2.31. The summed E-state index contributed by atoms with van der Waals surface area (Å²) in [6.45, 7) is 5.57. The van der Waals surface area contributed by atoms with E-state index >= 15 is 0 Å². The minimum atomic E-state index is 0.327. The fourth-order valence-corrected chi connectivity index (χ4v) is 3.13. The zero-order chi connectivity index (χ0) is 13.8. The van der Waals surface area contributed by atoms with Crippen molar-refractivity contribution >= 4 is 17.4 Å². The van der Waals surface area contributed by atoms with Gasteiger partial charge < -0.3 is 4.90 Å². The molecule has 0 bridgehead atoms.